The van der Waals surface area contributed by atoms with Crippen molar-refractivity contribution < 1.29 is 23.1 Å². The molecule has 0 bridgehead atoms. The number of nitrogens with zero attached hydrogens (tertiary/aromatic N) is 1. The second-order valence-corrected chi connectivity index (χ2v) is 5.11. The second-order valence-electron chi connectivity index (χ2n) is 5.11. The molecule has 0 amide bonds. The summed E-state index contributed by atoms with van der Waals surface area (Å²) in [4.78, 5) is 12.5. The molecule has 2 atom stereocenters. The summed E-state index contributed by atoms with van der Waals surface area (Å²) in [7, 11) is 0. The molecule has 0 aromatic heterocycles. The summed E-state index contributed by atoms with van der Waals surface area (Å²) in [6, 6.07) is 0. The minimum atomic E-state index is -4.41. The minimum absolute atomic E-state index is 0.0377. The molecule has 2 rings (SSSR count). The van der Waals surface area contributed by atoms with E-state index in [0.717, 1.165) is 19.3 Å². The number of halogens is 3. The van der Waals surface area contributed by atoms with Gasteiger partial charge in [0.1, 0.15) is 0 Å². The molecule has 0 spiro atoms. The fourth-order valence-electron chi connectivity index (χ4n) is 2.66. The molecule has 1 saturated carbocycles. The molecular formula is C11H16F3NO2. The molecule has 0 aromatic rings. The van der Waals surface area contributed by atoms with Crippen molar-refractivity contribution >= 4 is 5.97 Å². The summed E-state index contributed by atoms with van der Waals surface area (Å²) in [6.45, 7) is 0.503. The van der Waals surface area contributed by atoms with E-state index >= 15 is 0 Å². The van der Waals surface area contributed by atoms with Gasteiger partial charge in [-0.3, -0.25) is 4.79 Å². The average Bonchev–Trinajstić information content (AvgIpc) is 2.54. The summed E-state index contributed by atoms with van der Waals surface area (Å²) >= 11 is 0. The van der Waals surface area contributed by atoms with Crippen molar-refractivity contribution in [3.05, 3.63) is 0 Å². The highest BCUT2D eigenvalue weighted by Gasteiger charge is 2.52. The van der Waals surface area contributed by atoms with Crippen LogP contribution in [0.25, 0.3) is 0 Å². The van der Waals surface area contributed by atoms with E-state index in [-0.39, 0.29) is 13.1 Å². The van der Waals surface area contributed by atoms with Gasteiger partial charge in [0.05, 0.1) is 11.8 Å². The Morgan fingerprint density at radius 1 is 1.29 bits per heavy atom. The maximum Gasteiger partial charge on any atom is 0.393 e. The quantitative estimate of drug-likeness (QED) is 0.833. The van der Waals surface area contributed by atoms with Crippen molar-refractivity contribution in [2.24, 2.45) is 17.8 Å². The van der Waals surface area contributed by atoms with Crippen LogP contribution >= 0.6 is 0 Å². The van der Waals surface area contributed by atoms with Crippen LogP contribution in [0.2, 0.25) is 0 Å². The van der Waals surface area contributed by atoms with E-state index in [4.69, 9.17) is 5.11 Å². The second kappa shape index (κ2) is 4.48. The highest BCUT2D eigenvalue weighted by Crippen LogP contribution is 2.39. The fraction of sp³-hybridized carbons (Fsp3) is 0.909. The van der Waals surface area contributed by atoms with Gasteiger partial charge in [0, 0.05) is 19.6 Å². The van der Waals surface area contributed by atoms with Gasteiger partial charge in [-0.1, -0.05) is 6.42 Å². The number of hydrogen-bond donors (Lipinski definition) is 1. The van der Waals surface area contributed by atoms with Crippen LogP contribution in [0.3, 0.4) is 0 Å². The first kappa shape index (κ1) is 12.7. The molecule has 1 saturated heterocycles. The summed E-state index contributed by atoms with van der Waals surface area (Å²) in [5.41, 5.74) is 0. The maximum absolute atomic E-state index is 12.7. The normalized spacial score (nSPS) is 31.5. The first-order valence-electron chi connectivity index (χ1n) is 5.90. The molecular weight excluding hydrogens is 235 g/mol. The molecule has 2 aliphatic rings. The highest BCUT2D eigenvalue weighted by molar-refractivity contribution is 5.71. The molecule has 0 radical (unpaired) electrons. The lowest BCUT2D eigenvalue weighted by Gasteiger charge is -2.30. The Morgan fingerprint density at radius 3 is 2.29 bits per heavy atom. The van der Waals surface area contributed by atoms with Gasteiger partial charge in [-0.25, -0.2) is 0 Å². The Morgan fingerprint density at radius 2 is 1.94 bits per heavy atom. The SMILES string of the molecule is O=C(O)[C@@H]1CN(CC2CCC2)C[C@H]1C(F)(F)F. The Bertz CT molecular complexity index is 302. The monoisotopic (exact) mass is 251 g/mol. The highest BCUT2D eigenvalue weighted by atomic mass is 19.4. The van der Waals surface area contributed by atoms with Gasteiger partial charge >= 0.3 is 12.1 Å². The van der Waals surface area contributed by atoms with E-state index in [2.05, 4.69) is 0 Å². The van der Waals surface area contributed by atoms with E-state index in [1.807, 2.05) is 0 Å². The number of carboxylic acids is 1. The molecule has 1 heterocycles. The first-order valence-corrected chi connectivity index (χ1v) is 5.90. The van der Waals surface area contributed by atoms with Crippen LogP contribution in [0, 0.1) is 17.8 Å². The number of carbonyl (C=O) groups is 1. The molecule has 0 aromatic carbocycles. The fourth-order valence-corrected chi connectivity index (χ4v) is 2.66. The van der Waals surface area contributed by atoms with Crippen LogP contribution in [0.1, 0.15) is 19.3 Å². The van der Waals surface area contributed by atoms with Crippen molar-refractivity contribution in [2.45, 2.75) is 25.4 Å². The van der Waals surface area contributed by atoms with Crippen molar-refractivity contribution in [1.29, 1.82) is 0 Å². The van der Waals surface area contributed by atoms with Gasteiger partial charge in [-0.15, -0.1) is 0 Å². The van der Waals surface area contributed by atoms with E-state index in [1.54, 1.807) is 4.90 Å². The van der Waals surface area contributed by atoms with Gasteiger partial charge in [-0.2, -0.15) is 13.2 Å². The smallest absolute Gasteiger partial charge is 0.393 e. The minimum Gasteiger partial charge on any atom is -0.481 e. The summed E-state index contributed by atoms with van der Waals surface area (Å²) in [5, 5.41) is 8.84. The Hall–Kier alpha value is -0.780. The molecule has 1 aliphatic heterocycles. The lowest BCUT2D eigenvalue weighted by molar-refractivity contribution is -0.188. The molecule has 2 fully saturated rings. The summed E-state index contributed by atoms with van der Waals surface area (Å²) in [6.07, 6.45) is -1.14. The van der Waals surface area contributed by atoms with Crippen LogP contribution < -0.4 is 0 Å². The third kappa shape index (κ3) is 2.73. The van der Waals surface area contributed by atoms with E-state index in [9.17, 15) is 18.0 Å². The Labute approximate surface area is 97.6 Å². The zero-order valence-electron chi connectivity index (χ0n) is 9.41. The van der Waals surface area contributed by atoms with Crippen LogP contribution in [0.5, 0.6) is 0 Å². The average molecular weight is 251 g/mol. The molecule has 6 heteroatoms. The maximum atomic E-state index is 12.7. The van der Waals surface area contributed by atoms with E-state index < -0.39 is 24.0 Å². The third-order valence-corrected chi connectivity index (χ3v) is 3.87. The lowest BCUT2D eigenvalue weighted by Crippen LogP contribution is -2.34. The number of hydrogen-bond acceptors (Lipinski definition) is 2. The van der Waals surface area contributed by atoms with Gasteiger partial charge in [-0.05, 0) is 18.8 Å². The Kier molecular flexibility index (Phi) is 3.34. The standard InChI is InChI=1S/C11H16F3NO2/c12-11(13,14)9-6-15(4-7-2-1-3-7)5-8(9)10(16)17/h7-9H,1-6H2,(H,16,17)/t8-,9-/m1/s1. The zero-order chi connectivity index (χ0) is 12.6. The van der Waals surface area contributed by atoms with Crippen LogP contribution in [-0.2, 0) is 4.79 Å². The van der Waals surface area contributed by atoms with E-state index in [1.165, 1.54) is 0 Å². The largest absolute Gasteiger partial charge is 0.481 e. The predicted molar refractivity (Wildman–Crippen MR) is 54.5 cm³/mol. The zero-order valence-corrected chi connectivity index (χ0v) is 9.41. The first-order chi connectivity index (χ1) is 7.88. The van der Waals surface area contributed by atoms with Crippen molar-refractivity contribution in [3.8, 4) is 0 Å². The number of aliphatic carboxylic acids is 1. The van der Waals surface area contributed by atoms with Crippen molar-refractivity contribution in [1.82, 2.24) is 4.90 Å². The number of alkyl halides is 3. The summed E-state index contributed by atoms with van der Waals surface area (Å²) in [5.74, 6) is -3.87. The van der Waals surface area contributed by atoms with Gasteiger partial charge in [0.2, 0.25) is 0 Å². The number of rotatable bonds is 3. The molecule has 1 N–H and O–H groups in total. The molecule has 1 aliphatic carbocycles. The van der Waals surface area contributed by atoms with Crippen LogP contribution in [-0.4, -0.2) is 41.8 Å². The van der Waals surface area contributed by atoms with Crippen molar-refractivity contribution in [2.75, 3.05) is 19.6 Å². The Balaban J connectivity index is 1.98. The topological polar surface area (TPSA) is 40.5 Å². The predicted octanol–water partition coefficient (Wildman–Crippen LogP) is 1.98. The number of likely N-dealkylation sites (tertiary alicyclic amines) is 1. The molecule has 0 unspecified atom stereocenters. The lowest BCUT2D eigenvalue weighted by atomic mass is 9.85. The van der Waals surface area contributed by atoms with Gasteiger partial charge in [0.15, 0.2) is 0 Å². The van der Waals surface area contributed by atoms with Crippen LogP contribution in [0.15, 0.2) is 0 Å². The van der Waals surface area contributed by atoms with Gasteiger partial charge < -0.3 is 10.0 Å². The van der Waals surface area contributed by atoms with E-state index in [0.29, 0.717) is 12.5 Å². The van der Waals surface area contributed by atoms with Crippen LogP contribution in [0.4, 0.5) is 13.2 Å². The molecule has 98 valence electrons. The molecule has 17 heavy (non-hydrogen) atoms. The summed E-state index contributed by atoms with van der Waals surface area (Å²) < 4.78 is 38.1. The molecule has 3 nitrogen and oxygen atoms in total. The number of carboxylic acid groups (broad SMARTS) is 1. The van der Waals surface area contributed by atoms with Crippen molar-refractivity contribution in [3.63, 3.8) is 0 Å². The third-order valence-electron chi connectivity index (χ3n) is 3.87. The van der Waals surface area contributed by atoms with Gasteiger partial charge in [0.25, 0.3) is 0 Å².